The summed E-state index contributed by atoms with van der Waals surface area (Å²) in [4.78, 5) is 0. The van der Waals surface area contributed by atoms with Crippen molar-refractivity contribution in [3.05, 3.63) is 23.8 Å². The monoisotopic (exact) mass is 343 g/mol. The summed E-state index contributed by atoms with van der Waals surface area (Å²) in [6.45, 7) is 2.18. The van der Waals surface area contributed by atoms with E-state index in [1.54, 1.807) is 0 Å². The summed E-state index contributed by atoms with van der Waals surface area (Å²) < 4.78 is 80.4. The number of nitrogens with one attached hydrogen (secondary N) is 1. The van der Waals surface area contributed by atoms with Gasteiger partial charge in [0.2, 0.25) is 10.0 Å². The predicted octanol–water partition coefficient (Wildman–Crippen LogP) is 3.74. The Morgan fingerprint density at radius 2 is 1.77 bits per heavy atom. The van der Waals surface area contributed by atoms with E-state index in [1.165, 1.54) is 0 Å². The molecule has 1 N–H and O–H groups in total. The average molecular weight is 343 g/mol. The molecule has 1 aromatic carbocycles. The van der Waals surface area contributed by atoms with Gasteiger partial charge in [-0.2, -0.15) is 8.78 Å². The number of benzene rings is 1. The topological polar surface area (TPSA) is 55.4 Å². The molecule has 1 aromatic rings. The molecule has 0 amide bonds. The minimum absolute atomic E-state index is 0.256. The molecule has 0 heterocycles. The maximum absolute atomic E-state index is 13.7. The minimum Gasteiger partial charge on any atom is -0.432 e. The number of alkyl halides is 2. The molecular weight excluding hydrogens is 326 g/mol. The normalized spacial score (nSPS) is 12.5. The second-order valence-electron chi connectivity index (χ2n) is 5.87. The van der Waals surface area contributed by atoms with E-state index in [-0.39, 0.29) is 11.2 Å². The van der Waals surface area contributed by atoms with Crippen LogP contribution in [0.3, 0.4) is 0 Å². The van der Waals surface area contributed by atoms with Gasteiger partial charge >= 0.3 is 6.61 Å². The van der Waals surface area contributed by atoms with Gasteiger partial charge in [0.15, 0.2) is 17.4 Å². The molecule has 0 aliphatic rings. The van der Waals surface area contributed by atoms with E-state index in [1.807, 2.05) is 25.5 Å². The standard InChI is InChI=1S/C13H17F4NO3S/c1-13(2,3)4-5-22(19,20)18-10-6-9(15)11(7-8(10)14)21-12(16)17/h6-7,12,18H,4-5H2,1-3H3. The summed E-state index contributed by atoms with van der Waals surface area (Å²) in [7, 11) is -3.89. The molecule has 0 spiro atoms. The molecule has 0 aliphatic heterocycles. The first kappa shape index (κ1) is 18.5. The average Bonchev–Trinajstić information content (AvgIpc) is 2.31. The van der Waals surface area contributed by atoms with E-state index in [0.717, 1.165) is 0 Å². The lowest BCUT2D eigenvalue weighted by Crippen LogP contribution is -2.21. The molecule has 9 heteroatoms. The Bertz CT molecular complexity index is 627. The van der Waals surface area contributed by atoms with E-state index in [9.17, 15) is 26.0 Å². The molecular formula is C13H17F4NO3S. The van der Waals surface area contributed by atoms with Crippen LogP contribution in [-0.4, -0.2) is 20.8 Å². The highest BCUT2D eigenvalue weighted by molar-refractivity contribution is 7.92. The Hall–Kier alpha value is -1.51. The first-order valence-corrected chi connectivity index (χ1v) is 7.99. The quantitative estimate of drug-likeness (QED) is 0.801. The van der Waals surface area contributed by atoms with Crippen molar-refractivity contribution in [1.82, 2.24) is 0 Å². The fourth-order valence-corrected chi connectivity index (χ4v) is 2.93. The number of halogens is 4. The zero-order valence-corrected chi connectivity index (χ0v) is 13.1. The van der Waals surface area contributed by atoms with Crippen molar-refractivity contribution >= 4 is 15.7 Å². The van der Waals surface area contributed by atoms with E-state index in [4.69, 9.17) is 0 Å². The Labute approximate surface area is 126 Å². The zero-order valence-electron chi connectivity index (χ0n) is 12.3. The molecule has 0 fully saturated rings. The van der Waals surface area contributed by atoms with Gasteiger partial charge in [0.05, 0.1) is 11.4 Å². The fraction of sp³-hybridized carbons (Fsp3) is 0.538. The first-order chi connectivity index (χ1) is 9.89. The summed E-state index contributed by atoms with van der Waals surface area (Å²) in [6.07, 6.45) is 0.305. The predicted molar refractivity (Wildman–Crippen MR) is 74.5 cm³/mol. The van der Waals surface area contributed by atoms with Crippen molar-refractivity contribution in [2.75, 3.05) is 10.5 Å². The van der Waals surface area contributed by atoms with Crippen LogP contribution in [-0.2, 0) is 10.0 Å². The number of hydrogen-bond acceptors (Lipinski definition) is 3. The molecule has 1 rings (SSSR count). The van der Waals surface area contributed by atoms with Crippen LogP contribution in [0.25, 0.3) is 0 Å². The molecule has 4 nitrogen and oxygen atoms in total. The van der Waals surface area contributed by atoms with Crippen LogP contribution in [0.2, 0.25) is 0 Å². The molecule has 0 atom stereocenters. The third kappa shape index (κ3) is 6.08. The molecule has 0 saturated carbocycles. The number of anilines is 1. The maximum atomic E-state index is 13.7. The molecule has 0 radical (unpaired) electrons. The van der Waals surface area contributed by atoms with Crippen molar-refractivity contribution in [2.24, 2.45) is 5.41 Å². The lowest BCUT2D eigenvalue weighted by molar-refractivity contribution is -0.0523. The van der Waals surface area contributed by atoms with Crippen LogP contribution in [0.5, 0.6) is 5.75 Å². The molecule has 0 unspecified atom stereocenters. The van der Waals surface area contributed by atoms with E-state index >= 15 is 0 Å². The van der Waals surface area contributed by atoms with Gasteiger partial charge in [-0.25, -0.2) is 17.2 Å². The smallest absolute Gasteiger partial charge is 0.387 e. The van der Waals surface area contributed by atoms with Gasteiger partial charge < -0.3 is 4.74 Å². The molecule has 0 bridgehead atoms. The van der Waals surface area contributed by atoms with E-state index < -0.39 is 39.7 Å². The molecule has 0 aliphatic carbocycles. The molecule has 126 valence electrons. The van der Waals surface area contributed by atoms with Crippen LogP contribution >= 0.6 is 0 Å². The van der Waals surface area contributed by atoms with Crippen LogP contribution in [0.15, 0.2) is 12.1 Å². The van der Waals surface area contributed by atoms with Crippen LogP contribution < -0.4 is 9.46 Å². The Balaban J connectivity index is 2.92. The first-order valence-electron chi connectivity index (χ1n) is 6.34. The van der Waals surface area contributed by atoms with Gasteiger partial charge in [-0.15, -0.1) is 0 Å². The largest absolute Gasteiger partial charge is 0.432 e. The second kappa shape index (κ2) is 6.72. The zero-order chi connectivity index (χ0) is 17.1. The number of sulfonamides is 1. The van der Waals surface area contributed by atoms with Crippen molar-refractivity contribution in [3.8, 4) is 5.75 Å². The van der Waals surface area contributed by atoms with Gasteiger partial charge in [0.1, 0.15) is 0 Å². The van der Waals surface area contributed by atoms with Crippen LogP contribution in [0.4, 0.5) is 23.2 Å². The summed E-state index contributed by atoms with van der Waals surface area (Å²) >= 11 is 0. The number of hydrogen-bond donors (Lipinski definition) is 1. The van der Waals surface area contributed by atoms with Gasteiger partial charge in [-0.05, 0) is 11.8 Å². The van der Waals surface area contributed by atoms with Gasteiger partial charge in [0, 0.05) is 12.1 Å². The Morgan fingerprint density at radius 1 is 1.18 bits per heavy atom. The van der Waals surface area contributed by atoms with Crippen molar-refractivity contribution < 1.29 is 30.7 Å². The highest BCUT2D eigenvalue weighted by atomic mass is 32.2. The van der Waals surface area contributed by atoms with Gasteiger partial charge in [0.25, 0.3) is 0 Å². The lowest BCUT2D eigenvalue weighted by atomic mass is 9.94. The number of ether oxygens (including phenoxy) is 1. The highest BCUT2D eigenvalue weighted by Gasteiger charge is 2.21. The van der Waals surface area contributed by atoms with Gasteiger partial charge in [-0.3, -0.25) is 4.72 Å². The van der Waals surface area contributed by atoms with Crippen molar-refractivity contribution in [3.63, 3.8) is 0 Å². The van der Waals surface area contributed by atoms with Crippen LogP contribution in [0, 0.1) is 17.0 Å². The Morgan fingerprint density at radius 3 is 2.27 bits per heavy atom. The maximum Gasteiger partial charge on any atom is 0.387 e. The third-order valence-electron chi connectivity index (χ3n) is 2.62. The minimum atomic E-state index is -3.89. The fourth-order valence-electron chi connectivity index (χ4n) is 1.45. The summed E-state index contributed by atoms with van der Waals surface area (Å²) in [5, 5.41) is 0. The molecule has 22 heavy (non-hydrogen) atoms. The second-order valence-corrected chi connectivity index (χ2v) is 7.71. The third-order valence-corrected chi connectivity index (χ3v) is 3.90. The highest BCUT2D eigenvalue weighted by Crippen LogP contribution is 2.27. The molecule has 0 aromatic heterocycles. The summed E-state index contributed by atoms with van der Waals surface area (Å²) in [5.74, 6) is -3.79. The van der Waals surface area contributed by atoms with E-state index in [2.05, 4.69) is 4.74 Å². The van der Waals surface area contributed by atoms with Crippen LogP contribution in [0.1, 0.15) is 27.2 Å². The number of rotatable bonds is 6. The van der Waals surface area contributed by atoms with Crippen molar-refractivity contribution in [1.29, 1.82) is 0 Å². The summed E-state index contributed by atoms with van der Waals surface area (Å²) in [5.41, 5.74) is -0.916. The Kier molecular flexibility index (Phi) is 5.66. The molecule has 0 saturated heterocycles. The summed E-state index contributed by atoms with van der Waals surface area (Å²) in [6, 6.07) is 0.824. The van der Waals surface area contributed by atoms with Crippen molar-refractivity contribution in [2.45, 2.75) is 33.8 Å². The SMILES string of the molecule is CC(C)(C)CCS(=O)(=O)Nc1cc(F)c(OC(F)F)cc1F. The lowest BCUT2D eigenvalue weighted by Gasteiger charge is -2.18. The van der Waals surface area contributed by atoms with E-state index in [0.29, 0.717) is 18.6 Å². The van der Waals surface area contributed by atoms with Gasteiger partial charge in [-0.1, -0.05) is 20.8 Å².